The third-order valence-electron chi connectivity index (χ3n) is 1.91. The molecule has 0 amide bonds. The Morgan fingerprint density at radius 3 is 2.25 bits per heavy atom. The number of aliphatic hydroxyl groups is 1. The lowest BCUT2D eigenvalue weighted by Gasteiger charge is -2.25. The molecule has 9 heteroatoms. The number of hydrogen-bond acceptors (Lipinski definition) is 4. The molecule has 0 aromatic rings. The zero-order chi connectivity index (χ0) is 13.0. The van der Waals surface area contributed by atoms with Gasteiger partial charge in [0.25, 0.3) is 0 Å². The Bertz CT molecular complexity index is 304. The first-order valence-corrected chi connectivity index (χ1v) is 6.02. The fourth-order valence-corrected chi connectivity index (χ4v) is 2.40. The maximum Gasteiger partial charge on any atom is 0.402 e. The summed E-state index contributed by atoms with van der Waals surface area (Å²) in [4.78, 5) is 0. The van der Waals surface area contributed by atoms with Gasteiger partial charge in [-0.25, -0.2) is 8.42 Å². The highest BCUT2D eigenvalue weighted by molar-refractivity contribution is 7.89. The van der Waals surface area contributed by atoms with Crippen molar-refractivity contribution in [3.05, 3.63) is 0 Å². The van der Waals surface area contributed by atoms with Crippen molar-refractivity contribution in [2.24, 2.45) is 5.73 Å². The molecule has 3 N–H and O–H groups in total. The van der Waals surface area contributed by atoms with Crippen LogP contribution in [0.5, 0.6) is 0 Å². The molecule has 0 aromatic heterocycles. The molecule has 16 heavy (non-hydrogen) atoms. The van der Waals surface area contributed by atoms with Gasteiger partial charge in [-0.3, -0.25) is 0 Å². The number of halogens is 3. The molecule has 0 heterocycles. The number of nitrogens with zero attached hydrogens (tertiary/aromatic N) is 1. The van der Waals surface area contributed by atoms with E-state index in [2.05, 4.69) is 0 Å². The van der Waals surface area contributed by atoms with Crippen LogP contribution in [0.15, 0.2) is 0 Å². The Labute approximate surface area is 92.1 Å². The summed E-state index contributed by atoms with van der Waals surface area (Å²) in [7, 11) is -4.12. The van der Waals surface area contributed by atoms with Gasteiger partial charge in [-0.2, -0.15) is 17.5 Å². The SMILES string of the molecule is CC(CN)S(=O)(=O)N(CCO)CC(F)(F)F. The third kappa shape index (κ3) is 4.64. The number of nitrogens with two attached hydrogens (primary N) is 1. The van der Waals surface area contributed by atoms with Gasteiger partial charge in [0.05, 0.1) is 11.9 Å². The summed E-state index contributed by atoms with van der Waals surface area (Å²) < 4.78 is 59.7. The van der Waals surface area contributed by atoms with Gasteiger partial charge in [-0.1, -0.05) is 0 Å². The molecular weight excluding hydrogens is 249 g/mol. The first-order valence-electron chi connectivity index (χ1n) is 4.51. The summed E-state index contributed by atoms with van der Waals surface area (Å²) in [5, 5.41) is 7.44. The molecule has 0 aliphatic rings. The van der Waals surface area contributed by atoms with Crippen molar-refractivity contribution in [1.82, 2.24) is 4.31 Å². The highest BCUT2D eigenvalue weighted by atomic mass is 32.2. The molecular formula is C7H15F3N2O3S. The zero-order valence-corrected chi connectivity index (χ0v) is 9.55. The van der Waals surface area contributed by atoms with Gasteiger partial charge < -0.3 is 10.8 Å². The van der Waals surface area contributed by atoms with Crippen molar-refractivity contribution in [3.63, 3.8) is 0 Å². The Balaban J connectivity index is 4.91. The largest absolute Gasteiger partial charge is 0.402 e. The summed E-state index contributed by atoms with van der Waals surface area (Å²) in [6, 6.07) is 0. The Morgan fingerprint density at radius 2 is 1.94 bits per heavy atom. The topological polar surface area (TPSA) is 83.6 Å². The smallest absolute Gasteiger partial charge is 0.395 e. The van der Waals surface area contributed by atoms with E-state index in [0.717, 1.165) is 0 Å². The van der Waals surface area contributed by atoms with Crippen molar-refractivity contribution in [2.75, 3.05) is 26.2 Å². The normalized spacial score (nSPS) is 15.4. The molecule has 1 atom stereocenters. The van der Waals surface area contributed by atoms with Gasteiger partial charge in [0.15, 0.2) is 0 Å². The highest BCUT2D eigenvalue weighted by Crippen LogP contribution is 2.19. The number of alkyl halides is 3. The van der Waals surface area contributed by atoms with E-state index in [0.29, 0.717) is 0 Å². The molecule has 0 saturated heterocycles. The maximum atomic E-state index is 12.1. The number of aliphatic hydroxyl groups excluding tert-OH is 1. The van der Waals surface area contributed by atoms with Crippen LogP contribution < -0.4 is 5.73 Å². The molecule has 0 bridgehead atoms. The number of rotatable bonds is 6. The van der Waals surface area contributed by atoms with E-state index in [4.69, 9.17) is 10.8 Å². The van der Waals surface area contributed by atoms with Crippen molar-refractivity contribution in [1.29, 1.82) is 0 Å². The van der Waals surface area contributed by atoms with Crippen LogP contribution in [0, 0.1) is 0 Å². The molecule has 0 aliphatic carbocycles. The van der Waals surface area contributed by atoms with Crippen molar-refractivity contribution in [2.45, 2.75) is 18.3 Å². The fraction of sp³-hybridized carbons (Fsp3) is 1.00. The lowest BCUT2D eigenvalue weighted by atomic mass is 10.5. The van der Waals surface area contributed by atoms with E-state index < -0.39 is 41.1 Å². The second-order valence-corrected chi connectivity index (χ2v) is 5.61. The molecule has 0 fully saturated rings. The molecule has 1 unspecified atom stereocenters. The number of hydrogen-bond donors (Lipinski definition) is 2. The quantitative estimate of drug-likeness (QED) is 0.678. The van der Waals surface area contributed by atoms with Crippen molar-refractivity contribution < 1.29 is 26.7 Å². The fourth-order valence-electron chi connectivity index (χ4n) is 0.984. The summed E-state index contributed by atoms with van der Waals surface area (Å²) in [5.74, 6) is 0. The summed E-state index contributed by atoms with van der Waals surface area (Å²) in [6.07, 6.45) is -4.64. The minimum Gasteiger partial charge on any atom is -0.395 e. The monoisotopic (exact) mass is 264 g/mol. The minimum absolute atomic E-state index is 0.199. The van der Waals surface area contributed by atoms with Gasteiger partial charge in [0, 0.05) is 13.1 Å². The second-order valence-electron chi connectivity index (χ2n) is 3.26. The van der Waals surface area contributed by atoms with Gasteiger partial charge >= 0.3 is 6.18 Å². The molecule has 98 valence electrons. The van der Waals surface area contributed by atoms with Crippen molar-refractivity contribution >= 4 is 10.0 Å². The average Bonchev–Trinajstić information content (AvgIpc) is 2.13. The lowest BCUT2D eigenvalue weighted by molar-refractivity contribution is -0.136. The molecule has 0 aromatic carbocycles. The first kappa shape index (κ1) is 15.6. The van der Waals surface area contributed by atoms with E-state index in [-0.39, 0.29) is 10.8 Å². The summed E-state index contributed by atoms with van der Waals surface area (Å²) >= 11 is 0. The Hall–Kier alpha value is -0.380. The lowest BCUT2D eigenvalue weighted by Crippen LogP contribution is -2.46. The van der Waals surface area contributed by atoms with E-state index in [9.17, 15) is 21.6 Å². The Morgan fingerprint density at radius 1 is 1.44 bits per heavy atom. The van der Waals surface area contributed by atoms with Crippen LogP contribution in [0.1, 0.15) is 6.92 Å². The average molecular weight is 264 g/mol. The predicted molar refractivity (Wildman–Crippen MR) is 52.2 cm³/mol. The first-order chi connectivity index (χ1) is 7.15. The van der Waals surface area contributed by atoms with Gasteiger partial charge in [0.1, 0.15) is 6.54 Å². The van der Waals surface area contributed by atoms with Crippen LogP contribution in [0.2, 0.25) is 0 Å². The van der Waals surface area contributed by atoms with Crippen LogP contribution in [0.3, 0.4) is 0 Å². The predicted octanol–water partition coefficient (Wildman–Crippen LogP) is -0.480. The molecule has 0 rings (SSSR count). The highest BCUT2D eigenvalue weighted by Gasteiger charge is 2.37. The molecule has 5 nitrogen and oxygen atoms in total. The molecule has 0 radical (unpaired) electrons. The van der Waals surface area contributed by atoms with Gasteiger partial charge in [-0.05, 0) is 6.92 Å². The molecule has 0 spiro atoms. The van der Waals surface area contributed by atoms with Crippen molar-refractivity contribution in [3.8, 4) is 0 Å². The summed E-state index contributed by atoms with van der Waals surface area (Å²) in [5.41, 5.74) is 5.11. The maximum absolute atomic E-state index is 12.1. The third-order valence-corrected chi connectivity index (χ3v) is 4.15. The molecule has 0 saturated carbocycles. The standard InChI is InChI=1S/C7H15F3N2O3S/c1-6(4-11)16(14,15)12(2-3-13)5-7(8,9)10/h6,13H,2-5,11H2,1H3. The summed E-state index contributed by atoms with van der Waals surface area (Å²) in [6.45, 7) is -1.93. The van der Waals surface area contributed by atoms with Crippen LogP contribution >= 0.6 is 0 Å². The number of sulfonamides is 1. The van der Waals surface area contributed by atoms with Crippen LogP contribution in [0.4, 0.5) is 13.2 Å². The minimum atomic E-state index is -4.64. The molecule has 0 aliphatic heterocycles. The van der Waals surface area contributed by atoms with E-state index in [1.165, 1.54) is 6.92 Å². The Kier molecular flexibility index (Phi) is 5.66. The van der Waals surface area contributed by atoms with Gasteiger partial charge in [-0.15, -0.1) is 0 Å². The van der Waals surface area contributed by atoms with E-state index >= 15 is 0 Å². The van der Waals surface area contributed by atoms with Crippen LogP contribution in [-0.4, -0.2) is 55.5 Å². The van der Waals surface area contributed by atoms with Crippen LogP contribution in [0.25, 0.3) is 0 Å². The van der Waals surface area contributed by atoms with E-state index in [1.807, 2.05) is 0 Å². The zero-order valence-electron chi connectivity index (χ0n) is 8.74. The van der Waals surface area contributed by atoms with E-state index in [1.54, 1.807) is 0 Å². The van der Waals surface area contributed by atoms with Gasteiger partial charge in [0.2, 0.25) is 10.0 Å². The van der Waals surface area contributed by atoms with Crippen LogP contribution in [-0.2, 0) is 10.0 Å². The second kappa shape index (κ2) is 5.80.